The van der Waals surface area contributed by atoms with Crippen molar-refractivity contribution in [1.82, 2.24) is 15.6 Å². The Labute approximate surface area is 273 Å². The first-order chi connectivity index (χ1) is 22.5. The van der Waals surface area contributed by atoms with E-state index in [9.17, 15) is 19.2 Å². The number of ether oxygens (including phenoxy) is 3. The van der Waals surface area contributed by atoms with Gasteiger partial charge in [0.05, 0.1) is 12.8 Å². The van der Waals surface area contributed by atoms with Crippen LogP contribution >= 0.6 is 0 Å². The lowest BCUT2D eigenvalue weighted by molar-refractivity contribution is -0.145. The number of H-pyrrole nitrogens is 1. The molecule has 3 aromatic carbocycles. The van der Waals surface area contributed by atoms with E-state index >= 15 is 0 Å². The lowest BCUT2D eigenvalue weighted by atomic mass is 9.93. The number of aromatic nitrogens is 1. The van der Waals surface area contributed by atoms with E-state index in [1.807, 2.05) is 78.9 Å². The number of amides is 3. The van der Waals surface area contributed by atoms with Crippen LogP contribution in [0.4, 0.5) is 15.3 Å². The Hall–Kier alpha value is -5.32. The van der Waals surface area contributed by atoms with E-state index in [2.05, 4.69) is 15.6 Å². The minimum Gasteiger partial charge on any atom is -0.467 e. The smallest absolute Gasteiger partial charge is 0.414 e. The number of esters is 1. The predicted molar refractivity (Wildman–Crippen MR) is 177 cm³/mol. The minimum atomic E-state index is -1.11. The second kappa shape index (κ2) is 14.4. The summed E-state index contributed by atoms with van der Waals surface area (Å²) in [5.41, 5.74) is 3.26. The molecular formula is C36H40N4O7. The number of methoxy groups -OCH3 is 1. The number of alkyl carbamates (subject to hydrolysis) is 1. The van der Waals surface area contributed by atoms with Gasteiger partial charge in [-0.2, -0.15) is 0 Å². The molecule has 0 unspecified atom stereocenters. The van der Waals surface area contributed by atoms with Crippen molar-refractivity contribution in [2.75, 3.05) is 18.6 Å². The number of benzene rings is 3. The number of fused-ring (bicyclic) bond motifs is 2. The van der Waals surface area contributed by atoms with E-state index in [4.69, 9.17) is 14.2 Å². The molecule has 1 aromatic heterocycles. The molecule has 0 radical (unpaired) electrons. The summed E-state index contributed by atoms with van der Waals surface area (Å²) in [7, 11) is 1.26. The van der Waals surface area contributed by atoms with Gasteiger partial charge in [-0.15, -0.1) is 0 Å². The maximum absolute atomic E-state index is 13.9. The lowest BCUT2D eigenvalue weighted by Crippen LogP contribution is -2.53. The number of hydrogen-bond donors (Lipinski definition) is 3. The van der Waals surface area contributed by atoms with Gasteiger partial charge in [-0.1, -0.05) is 66.7 Å². The normalized spacial score (nSPS) is 15.3. The third kappa shape index (κ3) is 8.29. The van der Waals surface area contributed by atoms with Crippen molar-refractivity contribution in [3.05, 3.63) is 102 Å². The summed E-state index contributed by atoms with van der Waals surface area (Å²) in [5.74, 6) is -1.56. The van der Waals surface area contributed by atoms with Crippen molar-refractivity contribution in [2.45, 2.75) is 63.8 Å². The number of hydrogen-bond acceptors (Lipinski definition) is 7. The molecule has 0 fully saturated rings. The van der Waals surface area contributed by atoms with Crippen LogP contribution in [0.5, 0.6) is 0 Å². The largest absolute Gasteiger partial charge is 0.467 e. The first-order valence-corrected chi connectivity index (χ1v) is 15.5. The van der Waals surface area contributed by atoms with Crippen LogP contribution in [-0.4, -0.2) is 60.4 Å². The van der Waals surface area contributed by atoms with Crippen LogP contribution in [0.15, 0.2) is 85.1 Å². The number of carbonyl (C=O) groups excluding carboxylic acids is 4. The van der Waals surface area contributed by atoms with Gasteiger partial charge < -0.3 is 29.8 Å². The quantitative estimate of drug-likeness (QED) is 0.152. The van der Waals surface area contributed by atoms with Crippen LogP contribution in [0, 0.1) is 0 Å². The summed E-state index contributed by atoms with van der Waals surface area (Å²) in [6.07, 6.45) is 0.772. The minimum absolute atomic E-state index is 0.111. The topological polar surface area (TPSA) is 139 Å². The average Bonchev–Trinajstić information content (AvgIpc) is 3.63. The van der Waals surface area contributed by atoms with Crippen molar-refractivity contribution in [2.24, 2.45) is 0 Å². The molecule has 2 heterocycles. The first-order valence-electron chi connectivity index (χ1n) is 15.5. The van der Waals surface area contributed by atoms with E-state index < -0.39 is 41.7 Å². The highest BCUT2D eigenvalue weighted by Crippen LogP contribution is 2.39. The summed E-state index contributed by atoms with van der Waals surface area (Å²) >= 11 is 0. The fraction of sp³-hybridized carbons (Fsp3) is 0.333. The number of carbonyl (C=O) groups is 4. The van der Waals surface area contributed by atoms with Crippen LogP contribution in [-0.2, 0) is 36.8 Å². The fourth-order valence-electron chi connectivity index (χ4n) is 5.76. The summed E-state index contributed by atoms with van der Waals surface area (Å²) < 4.78 is 16.1. The van der Waals surface area contributed by atoms with Gasteiger partial charge in [-0.3, -0.25) is 9.69 Å². The first kappa shape index (κ1) is 33.1. The summed E-state index contributed by atoms with van der Waals surface area (Å²) in [6, 6.07) is 22.3. The molecule has 11 nitrogen and oxygen atoms in total. The molecule has 0 spiro atoms. The fourth-order valence-corrected chi connectivity index (χ4v) is 5.76. The third-order valence-corrected chi connectivity index (χ3v) is 7.92. The molecule has 0 bridgehead atoms. The highest BCUT2D eigenvalue weighted by molar-refractivity contribution is 5.92. The number of para-hydroxylation sites is 2. The standard InChI is InChI=1S/C36H40N4O7/c1-36(2,3)47-34(43)39-29(32(41)38-30(33(42)45-4)18-24-20-37-28-16-10-8-14-26(24)28)19-25-21-40(31-17-11-9-15-27(25)31)35(44)46-22-23-12-6-5-7-13-23/h5-17,20,25,29-30,37H,18-19,21-22H2,1-4H3,(H,38,41)(H,39,43)/t25-,29-,30-/m0/s1. The molecule has 0 aliphatic carbocycles. The van der Waals surface area contributed by atoms with Gasteiger partial charge in [0, 0.05) is 36.0 Å². The van der Waals surface area contributed by atoms with E-state index in [-0.39, 0.29) is 31.9 Å². The van der Waals surface area contributed by atoms with Crippen molar-refractivity contribution in [1.29, 1.82) is 0 Å². The molecule has 1 aliphatic heterocycles. The highest BCUT2D eigenvalue weighted by atomic mass is 16.6. The zero-order chi connectivity index (χ0) is 33.6. The van der Waals surface area contributed by atoms with Gasteiger partial charge in [0.25, 0.3) is 0 Å². The zero-order valence-electron chi connectivity index (χ0n) is 26.9. The Bertz CT molecular complexity index is 1730. The molecule has 3 atom stereocenters. The molecule has 4 aromatic rings. The third-order valence-electron chi connectivity index (χ3n) is 7.92. The Kier molecular flexibility index (Phi) is 10.1. The lowest BCUT2D eigenvalue weighted by Gasteiger charge is -2.26. The SMILES string of the molecule is COC(=O)[C@H](Cc1c[nH]c2ccccc12)NC(=O)[C@H](C[C@H]1CN(C(=O)OCc2ccccc2)c2ccccc21)NC(=O)OC(C)(C)C. The molecular weight excluding hydrogens is 600 g/mol. The van der Waals surface area contributed by atoms with Gasteiger partial charge in [-0.25, -0.2) is 14.4 Å². The van der Waals surface area contributed by atoms with Crippen LogP contribution < -0.4 is 15.5 Å². The molecule has 0 saturated carbocycles. The zero-order valence-corrected chi connectivity index (χ0v) is 26.9. The van der Waals surface area contributed by atoms with Crippen LogP contribution in [0.25, 0.3) is 10.9 Å². The molecule has 3 N–H and O–H groups in total. The number of rotatable bonds is 10. The maximum atomic E-state index is 13.9. The highest BCUT2D eigenvalue weighted by Gasteiger charge is 2.38. The Morgan fingerprint density at radius 2 is 1.62 bits per heavy atom. The monoisotopic (exact) mass is 640 g/mol. The van der Waals surface area contributed by atoms with E-state index in [0.29, 0.717) is 5.69 Å². The molecule has 11 heteroatoms. The van der Waals surface area contributed by atoms with Crippen LogP contribution in [0.1, 0.15) is 49.8 Å². The summed E-state index contributed by atoms with van der Waals surface area (Å²) in [4.78, 5) is 57.8. The Morgan fingerprint density at radius 1 is 0.915 bits per heavy atom. The van der Waals surface area contributed by atoms with Gasteiger partial charge in [0.2, 0.25) is 5.91 Å². The van der Waals surface area contributed by atoms with Crippen LogP contribution in [0.2, 0.25) is 0 Å². The molecule has 47 heavy (non-hydrogen) atoms. The number of anilines is 1. The molecule has 3 amide bonds. The number of aromatic amines is 1. The van der Waals surface area contributed by atoms with Crippen LogP contribution in [0.3, 0.4) is 0 Å². The van der Waals surface area contributed by atoms with E-state index in [0.717, 1.165) is 27.6 Å². The molecule has 246 valence electrons. The number of nitrogens with zero attached hydrogens (tertiary/aromatic N) is 1. The Morgan fingerprint density at radius 3 is 2.36 bits per heavy atom. The molecule has 0 saturated heterocycles. The summed E-state index contributed by atoms with van der Waals surface area (Å²) in [6.45, 7) is 5.51. The average molecular weight is 641 g/mol. The molecule has 1 aliphatic rings. The summed E-state index contributed by atoms with van der Waals surface area (Å²) in [5, 5.41) is 6.43. The van der Waals surface area contributed by atoms with E-state index in [1.165, 1.54) is 7.11 Å². The van der Waals surface area contributed by atoms with Crippen molar-refractivity contribution >= 4 is 40.7 Å². The predicted octanol–water partition coefficient (Wildman–Crippen LogP) is 5.59. The second-order valence-electron chi connectivity index (χ2n) is 12.5. The van der Waals surface area contributed by atoms with Gasteiger partial charge >= 0.3 is 18.2 Å². The van der Waals surface area contributed by atoms with Gasteiger partial charge in [0.1, 0.15) is 24.3 Å². The van der Waals surface area contributed by atoms with Gasteiger partial charge in [0.15, 0.2) is 0 Å². The van der Waals surface area contributed by atoms with Crippen molar-refractivity contribution < 1.29 is 33.4 Å². The second-order valence-corrected chi connectivity index (χ2v) is 12.5. The number of nitrogens with one attached hydrogen (secondary N) is 3. The van der Waals surface area contributed by atoms with E-state index in [1.54, 1.807) is 31.9 Å². The Balaban J connectivity index is 1.36. The van der Waals surface area contributed by atoms with Crippen molar-refractivity contribution in [3.8, 4) is 0 Å². The van der Waals surface area contributed by atoms with Crippen molar-refractivity contribution in [3.63, 3.8) is 0 Å². The van der Waals surface area contributed by atoms with Gasteiger partial charge in [-0.05, 0) is 56.0 Å². The maximum Gasteiger partial charge on any atom is 0.414 e. The molecule has 5 rings (SSSR count).